The fourth-order valence-electron chi connectivity index (χ4n) is 8.65. The lowest BCUT2D eigenvalue weighted by atomic mass is 9.47. The molecule has 3 saturated carbocycles. The van der Waals surface area contributed by atoms with Crippen LogP contribution >= 0.6 is 0 Å². The molecule has 4 aliphatic carbocycles. The Morgan fingerprint density at radius 3 is 2.72 bits per heavy atom. The number of hydrogen-bond acceptors (Lipinski definition) is 2. The van der Waals surface area contributed by atoms with Gasteiger partial charge in [0.15, 0.2) is 0 Å². The molecule has 0 saturated heterocycles. The molecule has 2 nitrogen and oxygen atoms in total. The van der Waals surface area contributed by atoms with E-state index in [1.165, 1.54) is 44.3 Å². The summed E-state index contributed by atoms with van der Waals surface area (Å²) in [5.74, 6) is 5.18. The molecule has 29 heavy (non-hydrogen) atoms. The van der Waals surface area contributed by atoms with Crippen LogP contribution in [0.5, 0.6) is 0 Å². The maximum Gasteiger partial charge on any atom is 0.106 e. The number of ether oxygens (including phenoxy) is 1. The molecule has 5 aliphatic rings. The van der Waals surface area contributed by atoms with Crippen molar-refractivity contribution in [1.82, 2.24) is 0 Å². The van der Waals surface area contributed by atoms with Crippen LogP contribution in [0.15, 0.2) is 23.0 Å². The molecule has 1 aliphatic heterocycles. The molecule has 0 amide bonds. The summed E-state index contributed by atoms with van der Waals surface area (Å²) in [4.78, 5) is 0. The molecule has 0 bridgehead atoms. The summed E-state index contributed by atoms with van der Waals surface area (Å²) >= 11 is 0. The van der Waals surface area contributed by atoms with Crippen LogP contribution in [0.1, 0.15) is 92.4 Å². The van der Waals surface area contributed by atoms with Crippen molar-refractivity contribution in [1.29, 1.82) is 0 Å². The van der Waals surface area contributed by atoms with E-state index in [0.29, 0.717) is 22.9 Å². The van der Waals surface area contributed by atoms with E-state index in [-0.39, 0.29) is 6.10 Å². The predicted molar refractivity (Wildman–Crippen MR) is 118 cm³/mol. The summed E-state index contributed by atoms with van der Waals surface area (Å²) in [7, 11) is 0. The van der Waals surface area contributed by atoms with Crippen molar-refractivity contribution in [2.75, 3.05) is 0 Å². The first-order valence-electron chi connectivity index (χ1n) is 12.5. The van der Waals surface area contributed by atoms with Gasteiger partial charge in [0.1, 0.15) is 6.10 Å². The van der Waals surface area contributed by atoms with Crippen LogP contribution in [0.4, 0.5) is 0 Å². The lowest BCUT2D eigenvalue weighted by molar-refractivity contribution is -0.0454. The monoisotopic (exact) mass is 398 g/mol. The normalized spacial score (nSPS) is 48.6. The fourth-order valence-corrected chi connectivity index (χ4v) is 8.65. The van der Waals surface area contributed by atoms with Gasteiger partial charge in [0.2, 0.25) is 0 Å². The first kappa shape index (κ1) is 20.2. The van der Waals surface area contributed by atoms with Crippen molar-refractivity contribution in [3.05, 3.63) is 23.0 Å². The van der Waals surface area contributed by atoms with Gasteiger partial charge < -0.3 is 9.84 Å². The number of hydrogen-bond donors (Lipinski definition) is 1. The number of rotatable bonds is 3. The van der Waals surface area contributed by atoms with E-state index in [1.54, 1.807) is 11.1 Å². The van der Waals surface area contributed by atoms with E-state index in [2.05, 4.69) is 40.7 Å². The van der Waals surface area contributed by atoms with Gasteiger partial charge in [-0.2, -0.15) is 0 Å². The number of aliphatic hydroxyl groups excluding tert-OH is 1. The SMILES string of the molecule is CC1=C(CCC(C)C)OC2CC3C4CC=C5CC(O)CCC5(C)C4CCC3(C)C12. The largest absolute Gasteiger partial charge is 0.494 e. The Balaban J connectivity index is 1.41. The van der Waals surface area contributed by atoms with Gasteiger partial charge in [-0.05, 0) is 98.4 Å². The molecule has 162 valence electrons. The minimum absolute atomic E-state index is 0.101. The van der Waals surface area contributed by atoms with Gasteiger partial charge in [0, 0.05) is 12.3 Å². The van der Waals surface area contributed by atoms with E-state index in [1.807, 2.05) is 0 Å². The molecule has 8 unspecified atom stereocenters. The summed E-state index contributed by atoms with van der Waals surface area (Å²) in [5, 5.41) is 10.2. The Morgan fingerprint density at radius 1 is 1.17 bits per heavy atom. The lowest BCUT2D eigenvalue weighted by Gasteiger charge is -2.57. The maximum atomic E-state index is 10.2. The number of allylic oxidation sites excluding steroid dienone is 2. The third-order valence-electron chi connectivity index (χ3n) is 10.2. The van der Waals surface area contributed by atoms with E-state index in [4.69, 9.17) is 4.74 Å². The van der Waals surface area contributed by atoms with Gasteiger partial charge in [-0.1, -0.05) is 39.3 Å². The maximum absolute atomic E-state index is 10.2. The molecular weight excluding hydrogens is 356 g/mol. The lowest BCUT2D eigenvalue weighted by Crippen LogP contribution is -2.50. The highest BCUT2D eigenvalue weighted by Gasteiger charge is 2.63. The van der Waals surface area contributed by atoms with Gasteiger partial charge in [-0.15, -0.1) is 0 Å². The zero-order chi connectivity index (χ0) is 20.6. The highest BCUT2D eigenvalue weighted by molar-refractivity contribution is 5.30. The Kier molecular flexibility index (Phi) is 4.78. The number of fused-ring (bicyclic) bond motifs is 7. The van der Waals surface area contributed by atoms with Crippen molar-refractivity contribution in [3.8, 4) is 0 Å². The van der Waals surface area contributed by atoms with Crippen LogP contribution in [-0.4, -0.2) is 17.3 Å². The Labute approximate surface area is 178 Å². The third kappa shape index (κ3) is 2.91. The van der Waals surface area contributed by atoms with Crippen LogP contribution in [0.3, 0.4) is 0 Å². The summed E-state index contributed by atoms with van der Waals surface area (Å²) < 4.78 is 6.66. The Hall–Kier alpha value is -0.760. The molecule has 0 aromatic heterocycles. The molecule has 1 N–H and O–H groups in total. The molecule has 8 atom stereocenters. The van der Waals surface area contributed by atoms with Crippen molar-refractivity contribution >= 4 is 0 Å². The summed E-state index contributed by atoms with van der Waals surface area (Å²) in [6.45, 7) is 12.2. The molecule has 2 heteroatoms. The first-order chi connectivity index (χ1) is 13.7. The Morgan fingerprint density at radius 2 is 1.97 bits per heavy atom. The molecule has 0 aromatic carbocycles. The van der Waals surface area contributed by atoms with Crippen LogP contribution in [0.25, 0.3) is 0 Å². The number of aliphatic hydroxyl groups is 1. The van der Waals surface area contributed by atoms with Gasteiger partial charge in [-0.25, -0.2) is 0 Å². The molecule has 0 spiro atoms. The first-order valence-corrected chi connectivity index (χ1v) is 12.5. The molecular formula is C27H42O2. The second-order valence-corrected chi connectivity index (χ2v) is 12.1. The Bertz CT molecular complexity index is 733. The second-order valence-electron chi connectivity index (χ2n) is 12.1. The highest BCUT2D eigenvalue weighted by atomic mass is 16.5. The van der Waals surface area contributed by atoms with Gasteiger partial charge in [-0.3, -0.25) is 0 Å². The van der Waals surface area contributed by atoms with Gasteiger partial charge in [0.05, 0.1) is 11.9 Å². The molecule has 5 rings (SSSR count). The smallest absolute Gasteiger partial charge is 0.106 e. The van der Waals surface area contributed by atoms with Crippen molar-refractivity contribution in [2.24, 2.45) is 40.4 Å². The molecule has 3 fully saturated rings. The van der Waals surface area contributed by atoms with E-state index < -0.39 is 0 Å². The zero-order valence-corrected chi connectivity index (χ0v) is 19.3. The average molecular weight is 399 g/mol. The standard InChI is InChI=1S/C27H42O2/c1-16(2)6-9-23-17(3)25-24(29-23)15-22-20-8-7-18-14-19(28)10-12-26(18,4)21(20)11-13-27(22,25)5/h7,16,19-22,24-25,28H,6,8-15H2,1-5H3. The molecule has 0 radical (unpaired) electrons. The highest BCUT2D eigenvalue weighted by Crippen LogP contribution is 2.68. The van der Waals surface area contributed by atoms with Crippen LogP contribution in [-0.2, 0) is 4.74 Å². The predicted octanol–water partition coefficient (Wildman–Crippen LogP) is 6.65. The van der Waals surface area contributed by atoms with Crippen molar-refractivity contribution in [2.45, 2.75) is 105 Å². The van der Waals surface area contributed by atoms with Crippen molar-refractivity contribution in [3.63, 3.8) is 0 Å². The van der Waals surface area contributed by atoms with Crippen LogP contribution in [0, 0.1) is 40.4 Å². The quantitative estimate of drug-likeness (QED) is 0.540. The van der Waals surface area contributed by atoms with Gasteiger partial charge >= 0.3 is 0 Å². The average Bonchev–Trinajstić information content (AvgIpc) is 3.14. The third-order valence-corrected chi connectivity index (χ3v) is 10.2. The van der Waals surface area contributed by atoms with Crippen molar-refractivity contribution < 1.29 is 9.84 Å². The molecule has 0 aromatic rings. The summed E-state index contributed by atoms with van der Waals surface area (Å²) in [6.07, 6.45) is 13.6. The minimum atomic E-state index is -0.101. The molecule has 1 heterocycles. The summed E-state index contributed by atoms with van der Waals surface area (Å²) in [6, 6.07) is 0. The van der Waals surface area contributed by atoms with E-state index in [9.17, 15) is 5.11 Å². The van der Waals surface area contributed by atoms with Crippen LogP contribution < -0.4 is 0 Å². The minimum Gasteiger partial charge on any atom is -0.494 e. The van der Waals surface area contributed by atoms with E-state index >= 15 is 0 Å². The fraction of sp³-hybridized carbons (Fsp3) is 0.852. The zero-order valence-electron chi connectivity index (χ0n) is 19.3. The van der Waals surface area contributed by atoms with E-state index in [0.717, 1.165) is 42.9 Å². The van der Waals surface area contributed by atoms with Crippen LogP contribution in [0.2, 0.25) is 0 Å². The second kappa shape index (κ2) is 6.87. The van der Waals surface area contributed by atoms with Gasteiger partial charge in [0.25, 0.3) is 0 Å². The summed E-state index contributed by atoms with van der Waals surface area (Å²) in [5.41, 5.74) is 3.95. The topological polar surface area (TPSA) is 29.5 Å².